The van der Waals surface area contributed by atoms with Crippen molar-refractivity contribution in [1.82, 2.24) is 9.88 Å². The van der Waals surface area contributed by atoms with E-state index >= 15 is 0 Å². The number of pyridine rings is 1. The van der Waals surface area contributed by atoms with Crippen LogP contribution in [0.1, 0.15) is 24.2 Å². The van der Waals surface area contributed by atoms with E-state index in [1.54, 1.807) is 37.3 Å². The van der Waals surface area contributed by atoms with E-state index in [4.69, 9.17) is 14.7 Å². The monoisotopic (exact) mass is 291 g/mol. The molecule has 0 saturated heterocycles. The van der Waals surface area contributed by atoms with Gasteiger partial charge in [0.2, 0.25) is 5.88 Å². The fraction of sp³-hybridized carbons (Fsp3) is 0.533. The van der Waals surface area contributed by atoms with Crippen molar-refractivity contribution in [3.8, 4) is 11.9 Å². The van der Waals surface area contributed by atoms with Crippen LogP contribution in [-0.4, -0.2) is 49.2 Å². The summed E-state index contributed by atoms with van der Waals surface area (Å²) in [5.74, 6) is -0.105. The first-order chi connectivity index (χ1) is 10.1. The molecule has 0 spiro atoms. The van der Waals surface area contributed by atoms with Gasteiger partial charge in [0.1, 0.15) is 12.2 Å². The van der Waals surface area contributed by atoms with Crippen LogP contribution >= 0.6 is 0 Å². The Morgan fingerprint density at radius 3 is 2.90 bits per heavy atom. The van der Waals surface area contributed by atoms with Crippen LogP contribution < -0.4 is 4.74 Å². The molecule has 1 aromatic heterocycles. The summed E-state index contributed by atoms with van der Waals surface area (Å²) in [7, 11) is 1.58. The lowest BCUT2D eigenvalue weighted by atomic mass is 10.1. The van der Waals surface area contributed by atoms with Crippen LogP contribution in [0, 0.1) is 17.2 Å². The Labute approximate surface area is 125 Å². The highest BCUT2D eigenvalue weighted by molar-refractivity contribution is 5.96. The predicted octanol–water partition coefficient (Wildman–Crippen LogP) is 1.73. The Morgan fingerprint density at radius 1 is 1.52 bits per heavy atom. The maximum atomic E-state index is 12.5. The lowest BCUT2D eigenvalue weighted by Gasteiger charge is -2.22. The number of hydrogen-bond donors (Lipinski definition) is 0. The van der Waals surface area contributed by atoms with E-state index < -0.39 is 0 Å². The summed E-state index contributed by atoms with van der Waals surface area (Å²) in [6.07, 6.45) is 1.58. The number of methoxy groups -OCH3 is 1. The first-order valence-corrected chi connectivity index (χ1v) is 6.89. The molecule has 6 heteroatoms. The third kappa shape index (κ3) is 5.04. The van der Waals surface area contributed by atoms with Gasteiger partial charge in [-0.3, -0.25) is 4.79 Å². The van der Waals surface area contributed by atoms with Gasteiger partial charge >= 0.3 is 0 Å². The van der Waals surface area contributed by atoms with Crippen molar-refractivity contribution in [1.29, 1.82) is 5.26 Å². The third-order valence-electron chi connectivity index (χ3n) is 2.91. The Bertz CT molecular complexity index is 499. The van der Waals surface area contributed by atoms with Gasteiger partial charge in [0.25, 0.3) is 5.91 Å². The Balaban J connectivity index is 2.87. The molecule has 1 heterocycles. The minimum atomic E-state index is -0.219. The number of rotatable bonds is 8. The van der Waals surface area contributed by atoms with Gasteiger partial charge in [-0.15, -0.1) is 0 Å². The van der Waals surface area contributed by atoms with E-state index in [1.165, 1.54) is 0 Å². The maximum Gasteiger partial charge on any atom is 0.259 e. The SMILES string of the molecule is CCN(C[C@H](C)C#N)C(=O)c1cccnc1OCCOC. The van der Waals surface area contributed by atoms with Crippen molar-refractivity contribution in [2.24, 2.45) is 5.92 Å². The number of ether oxygens (including phenoxy) is 2. The first-order valence-electron chi connectivity index (χ1n) is 6.89. The van der Waals surface area contributed by atoms with Gasteiger partial charge in [-0.1, -0.05) is 0 Å². The molecule has 0 fully saturated rings. The van der Waals surface area contributed by atoms with E-state index in [-0.39, 0.29) is 11.8 Å². The van der Waals surface area contributed by atoms with E-state index in [1.807, 2.05) is 6.92 Å². The van der Waals surface area contributed by atoms with Gasteiger partial charge in [-0.05, 0) is 26.0 Å². The van der Waals surface area contributed by atoms with E-state index in [0.29, 0.717) is 37.7 Å². The second-order valence-electron chi connectivity index (χ2n) is 4.57. The van der Waals surface area contributed by atoms with Crippen molar-refractivity contribution >= 4 is 5.91 Å². The molecule has 0 aromatic carbocycles. The van der Waals surface area contributed by atoms with Crippen molar-refractivity contribution in [3.05, 3.63) is 23.9 Å². The number of hydrogen-bond acceptors (Lipinski definition) is 5. The zero-order valence-electron chi connectivity index (χ0n) is 12.7. The molecule has 0 aliphatic rings. The van der Waals surface area contributed by atoms with Crippen LogP contribution in [0.5, 0.6) is 5.88 Å². The maximum absolute atomic E-state index is 12.5. The predicted molar refractivity (Wildman–Crippen MR) is 78.0 cm³/mol. The summed E-state index contributed by atoms with van der Waals surface area (Å²) in [5.41, 5.74) is 0.403. The van der Waals surface area contributed by atoms with Crippen molar-refractivity contribution in [3.63, 3.8) is 0 Å². The van der Waals surface area contributed by atoms with Crippen LogP contribution in [0.3, 0.4) is 0 Å². The standard InChI is InChI=1S/C15H21N3O3/c1-4-18(11-12(2)10-16)15(19)13-6-5-7-17-14(13)21-9-8-20-3/h5-7,12H,4,8-9,11H2,1-3H3/t12-/m1/s1. The van der Waals surface area contributed by atoms with Crippen LogP contribution in [0.25, 0.3) is 0 Å². The first kappa shape index (κ1) is 16.9. The molecule has 0 radical (unpaired) electrons. The highest BCUT2D eigenvalue weighted by atomic mass is 16.5. The second-order valence-corrected chi connectivity index (χ2v) is 4.57. The summed E-state index contributed by atoms with van der Waals surface area (Å²) < 4.78 is 10.4. The Hall–Kier alpha value is -2.13. The number of nitriles is 1. The number of aromatic nitrogens is 1. The molecule has 6 nitrogen and oxygen atoms in total. The molecule has 1 aromatic rings. The van der Waals surface area contributed by atoms with E-state index in [2.05, 4.69) is 11.1 Å². The summed E-state index contributed by atoms with van der Waals surface area (Å²) in [5, 5.41) is 8.89. The van der Waals surface area contributed by atoms with Gasteiger partial charge in [0, 0.05) is 26.4 Å². The van der Waals surface area contributed by atoms with Gasteiger partial charge in [0.05, 0.1) is 18.6 Å². The van der Waals surface area contributed by atoms with Gasteiger partial charge in [-0.25, -0.2) is 4.98 Å². The summed E-state index contributed by atoms with van der Waals surface area (Å²) in [6, 6.07) is 5.51. The minimum absolute atomic E-state index is 0.180. The molecular formula is C15H21N3O3. The Morgan fingerprint density at radius 2 is 2.29 bits per heavy atom. The largest absolute Gasteiger partial charge is 0.475 e. The fourth-order valence-electron chi connectivity index (χ4n) is 1.79. The summed E-state index contributed by atoms with van der Waals surface area (Å²) >= 11 is 0. The molecule has 0 aliphatic carbocycles. The highest BCUT2D eigenvalue weighted by Gasteiger charge is 2.20. The smallest absolute Gasteiger partial charge is 0.259 e. The molecule has 1 rings (SSSR count). The summed E-state index contributed by atoms with van der Waals surface area (Å²) in [4.78, 5) is 18.3. The zero-order valence-corrected chi connectivity index (χ0v) is 12.7. The normalized spacial score (nSPS) is 11.5. The molecule has 0 saturated carbocycles. The van der Waals surface area contributed by atoms with Crippen LogP contribution in [0.2, 0.25) is 0 Å². The molecule has 114 valence electrons. The minimum Gasteiger partial charge on any atom is -0.475 e. The van der Waals surface area contributed by atoms with Crippen molar-refractivity contribution < 1.29 is 14.3 Å². The molecule has 0 bridgehead atoms. The summed E-state index contributed by atoms with van der Waals surface area (Å²) in [6.45, 7) is 5.33. The molecular weight excluding hydrogens is 270 g/mol. The van der Waals surface area contributed by atoms with E-state index in [9.17, 15) is 4.79 Å². The van der Waals surface area contributed by atoms with Gasteiger partial charge in [-0.2, -0.15) is 5.26 Å². The topological polar surface area (TPSA) is 75.5 Å². The van der Waals surface area contributed by atoms with Gasteiger partial charge in [0.15, 0.2) is 0 Å². The molecule has 0 aliphatic heterocycles. The molecule has 1 amide bonds. The lowest BCUT2D eigenvalue weighted by molar-refractivity contribution is 0.0744. The average molecular weight is 291 g/mol. The quantitative estimate of drug-likeness (QED) is 0.682. The second kappa shape index (κ2) is 8.93. The third-order valence-corrected chi connectivity index (χ3v) is 2.91. The van der Waals surface area contributed by atoms with Crippen molar-refractivity contribution in [2.75, 3.05) is 33.4 Å². The number of carbonyl (C=O) groups excluding carboxylic acids is 1. The van der Waals surface area contributed by atoms with Crippen LogP contribution in [-0.2, 0) is 4.74 Å². The fourth-order valence-corrected chi connectivity index (χ4v) is 1.79. The van der Waals surface area contributed by atoms with Crippen molar-refractivity contribution in [2.45, 2.75) is 13.8 Å². The number of amides is 1. The number of nitrogens with zero attached hydrogens (tertiary/aromatic N) is 3. The average Bonchev–Trinajstić information content (AvgIpc) is 2.52. The molecule has 0 N–H and O–H groups in total. The molecule has 21 heavy (non-hydrogen) atoms. The zero-order chi connectivity index (χ0) is 15.7. The van der Waals surface area contributed by atoms with E-state index in [0.717, 1.165) is 0 Å². The van der Waals surface area contributed by atoms with Crippen LogP contribution in [0.4, 0.5) is 0 Å². The molecule has 0 unspecified atom stereocenters. The Kier molecular flexibility index (Phi) is 7.19. The van der Waals surface area contributed by atoms with Gasteiger partial charge < -0.3 is 14.4 Å². The number of carbonyl (C=O) groups is 1. The lowest BCUT2D eigenvalue weighted by Crippen LogP contribution is -2.34. The van der Waals surface area contributed by atoms with Crippen LogP contribution in [0.15, 0.2) is 18.3 Å². The molecule has 1 atom stereocenters. The highest BCUT2D eigenvalue weighted by Crippen LogP contribution is 2.17.